The molecule has 32 heavy (non-hydrogen) atoms. The van der Waals surface area contributed by atoms with Crippen LogP contribution >= 0.6 is 0 Å². The molecule has 1 saturated carbocycles. The van der Waals surface area contributed by atoms with Crippen molar-refractivity contribution in [2.75, 3.05) is 18.5 Å². The molecule has 0 radical (unpaired) electrons. The second-order valence-corrected chi connectivity index (χ2v) is 8.62. The summed E-state index contributed by atoms with van der Waals surface area (Å²) in [7, 11) is 0. The summed E-state index contributed by atoms with van der Waals surface area (Å²) in [6.07, 6.45) is 5.88. The first-order valence-corrected chi connectivity index (χ1v) is 11.5. The lowest BCUT2D eigenvalue weighted by Crippen LogP contribution is -2.50. The average Bonchev–Trinajstić information content (AvgIpc) is 2.93. The van der Waals surface area contributed by atoms with Gasteiger partial charge in [0.2, 0.25) is 5.91 Å². The maximum Gasteiger partial charge on any atom is 0.275 e. The molecule has 0 atom stereocenters. The molecule has 1 aliphatic heterocycles. The molecule has 0 unspecified atom stereocenters. The van der Waals surface area contributed by atoms with Gasteiger partial charge in [-0.05, 0) is 63.8 Å². The first-order valence-electron chi connectivity index (χ1n) is 11.5. The minimum absolute atomic E-state index is 0.00902. The minimum atomic E-state index is -0.621. The molecule has 1 spiro atoms. The molecule has 168 valence electrons. The molecular weight excluding hydrogens is 402 g/mol. The lowest BCUT2D eigenvalue weighted by molar-refractivity contribution is -0.133. The van der Waals surface area contributed by atoms with Gasteiger partial charge < -0.3 is 15.0 Å². The van der Waals surface area contributed by atoms with Crippen molar-refractivity contribution in [2.45, 2.75) is 58.0 Å². The zero-order valence-corrected chi connectivity index (χ0v) is 18.9. The van der Waals surface area contributed by atoms with Gasteiger partial charge in [-0.15, -0.1) is 0 Å². The van der Waals surface area contributed by atoms with Crippen molar-refractivity contribution in [3.63, 3.8) is 0 Å². The number of nitrogens with zero attached hydrogens (tertiary/aromatic N) is 2. The molecule has 6 nitrogen and oxygen atoms in total. The number of ether oxygens (including phenoxy) is 1. The van der Waals surface area contributed by atoms with Gasteiger partial charge in [-0.25, -0.2) is 0 Å². The van der Waals surface area contributed by atoms with Gasteiger partial charge in [0.25, 0.3) is 5.91 Å². The van der Waals surface area contributed by atoms with Crippen molar-refractivity contribution < 1.29 is 14.3 Å². The second kappa shape index (κ2) is 9.55. The van der Waals surface area contributed by atoms with E-state index >= 15 is 0 Å². The van der Waals surface area contributed by atoms with Gasteiger partial charge in [-0.2, -0.15) is 0 Å². The second-order valence-electron chi connectivity index (χ2n) is 8.62. The third-order valence-electron chi connectivity index (χ3n) is 6.25. The predicted molar refractivity (Wildman–Crippen MR) is 126 cm³/mol. The molecule has 1 heterocycles. The van der Waals surface area contributed by atoms with Crippen LogP contribution in [0.5, 0.6) is 5.75 Å². The third-order valence-corrected chi connectivity index (χ3v) is 6.25. The number of hydrogen-bond donors (Lipinski definition) is 1. The number of amides is 2. The summed E-state index contributed by atoms with van der Waals surface area (Å²) in [6.45, 7) is 4.53. The van der Waals surface area contributed by atoms with E-state index in [9.17, 15) is 9.59 Å². The molecule has 1 fully saturated rings. The number of rotatable bonds is 6. The Balaban J connectivity index is 1.54. The van der Waals surface area contributed by atoms with E-state index in [-0.39, 0.29) is 18.4 Å². The van der Waals surface area contributed by atoms with E-state index < -0.39 is 5.66 Å². The van der Waals surface area contributed by atoms with Crippen LogP contribution in [0.1, 0.15) is 56.6 Å². The molecule has 6 heteroatoms. The lowest BCUT2D eigenvalue weighted by atomic mass is 10.00. The van der Waals surface area contributed by atoms with Gasteiger partial charge in [0, 0.05) is 11.3 Å². The Morgan fingerprint density at radius 2 is 1.69 bits per heavy atom. The summed E-state index contributed by atoms with van der Waals surface area (Å²) in [5.41, 5.74) is 2.49. The summed E-state index contributed by atoms with van der Waals surface area (Å²) in [5, 5.41) is 2.92. The Hall–Kier alpha value is -3.15. The number of carbonyl (C=O) groups excluding carboxylic acids is 2. The van der Waals surface area contributed by atoms with Crippen molar-refractivity contribution >= 4 is 23.2 Å². The first kappa shape index (κ1) is 22.1. The van der Waals surface area contributed by atoms with Crippen LogP contribution in [-0.2, 0) is 9.59 Å². The van der Waals surface area contributed by atoms with Gasteiger partial charge in [0.1, 0.15) is 23.7 Å². The summed E-state index contributed by atoms with van der Waals surface area (Å²) < 4.78 is 5.45. The Morgan fingerprint density at radius 3 is 2.31 bits per heavy atom. The average molecular weight is 434 g/mol. The highest BCUT2D eigenvalue weighted by atomic mass is 16.5. The molecule has 0 aromatic heterocycles. The molecule has 0 bridgehead atoms. The van der Waals surface area contributed by atoms with Crippen LogP contribution in [0.15, 0.2) is 53.5 Å². The van der Waals surface area contributed by atoms with Crippen molar-refractivity contribution in [1.82, 2.24) is 4.90 Å². The number of anilines is 1. The van der Waals surface area contributed by atoms with Crippen LogP contribution in [0, 0.1) is 6.92 Å². The van der Waals surface area contributed by atoms with E-state index in [4.69, 9.17) is 9.73 Å². The quantitative estimate of drug-likeness (QED) is 0.717. The summed E-state index contributed by atoms with van der Waals surface area (Å²) in [5.74, 6) is 0.387. The number of benzene rings is 2. The van der Waals surface area contributed by atoms with Gasteiger partial charge in [0.05, 0.1) is 6.61 Å². The maximum absolute atomic E-state index is 13.5. The highest BCUT2D eigenvalue weighted by Crippen LogP contribution is 2.38. The predicted octanol–water partition coefficient (Wildman–Crippen LogP) is 4.71. The van der Waals surface area contributed by atoms with Crippen LogP contribution in [0.2, 0.25) is 0 Å². The number of carbonyl (C=O) groups is 2. The topological polar surface area (TPSA) is 71.0 Å². The zero-order valence-electron chi connectivity index (χ0n) is 18.9. The normalized spacial score (nSPS) is 17.8. The Labute approximate surface area is 189 Å². The molecule has 1 N–H and O–H groups in total. The van der Waals surface area contributed by atoms with E-state index in [2.05, 4.69) is 5.32 Å². The Kier molecular flexibility index (Phi) is 6.58. The standard InChI is InChI=1S/C26H31N3O3/c1-3-32-22-14-12-21(13-15-22)27-23(30)18-29-25(31)24(20-10-8-19(2)9-11-20)28-26(29)16-6-4-5-7-17-26/h8-15H,3-7,16-18H2,1-2H3,(H,27,30). The van der Waals surface area contributed by atoms with E-state index in [0.29, 0.717) is 18.0 Å². The molecular formula is C26H31N3O3. The van der Waals surface area contributed by atoms with E-state index in [0.717, 1.165) is 55.4 Å². The molecule has 2 aromatic rings. The summed E-state index contributed by atoms with van der Waals surface area (Å²) >= 11 is 0. The Bertz CT molecular complexity index is 988. The highest BCUT2D eigenvalue weighted by Gasteiger charge is 2.47. The van der Waals surface area contributed by atoms with Crippen LogP contribution in [0.4, 0.5) is 5.69 Å². The molecule has 2 aliphatic rings. The van der Waals surface area contributed by atoms with E-state index in [1.165, 1.54) is 0 Å². The van der Waals surface area contributed by atoms with Crippen LogP contribution < -0.4 is 10.1 Å². The fourth-order valence-corrected chi connectivity index (χ4v) is 4.57. The maximum atomic E-state index is 13.5. The molecule has 2 amide bonds. The third kappa shape index (κ3) is 4.69. The van der Waals surface area contributed by atoms with E-state index in [1.54, 1.807) is 4.90 Å². The summed E-state index contributed by atoms with van der Waals surface area (Å²) in [4.78, 5) is 33.1. The van der Waals surface area contributed by atoms with Crippen molar-refractivity contribution in [3.05, 3.63) is 59.7 Å². The van der Waals surface area contributed by atoms with Gasteiger partial charge in [-0.3, -0.25) is 14.6 Å². The summed E-state index contributed by atoms with van der Waals surface area (Å²) in [6, 6.07) is 15.1. The van der Waals surface area contributed by atoms with Gasteiger partial charge in [-0.1, -0.05) is 42.7 Å². The highest BCUT2D eigenvalue weighted by molar-refractivity contribution is 6.47. The van der Waals surface area contributed by atoms with Gasteiger partial charge in [0.15, 0.2) is 0 Å². The fourth-order valence-electron chi connectivity index (χ4n) is 4.57. The zero-order chi connectivity index (χ0) is 22.6. The van der Waals surface area contributed by atoms with Crippen LogP contribution in [0.25, 0.3) is 0 Å². The SMILES string of the molecule is CCOc1ccc(NC(=O)CN2C(=O)C(c3ccc(C)cc3)=NC23CCCCCC3)cc1. The Morgan fingerprint density at radius 1 is 1.03 bits per heavy atom. The molecule has 1 aliphatic carbocycles. The van der Waals surface area contributed by atoms with Crippen LogP contribution in [0.3, 0.4) is 0 Å². The number of nitrogens with one attached hydrogen (secondary N) is 1. The monoisotopic (exact) mass is 433 g/mol. The largest absolute Gasteiger partial charge is 0.494 e. The van der Waals surface area contributed by atoms with Crippen molar-refractivity contribution in [1.29, 1.82) is 0 Å². The molecule has 2 aromatic carbocycles. The fraction of sp³-hybridized carbons (Fsp3) is 0.423. The number of aliphatic imine (C=N–C) groups is 1. The first-order chi connectivity index (χ1) is 15.5. The van der Waals surface area contributed by atoms with Gasteiger partial charge >= 0.3 is 0 Å². The smallest absolute Gasteiger partial charge is 0.275 e. The molecule has 0 saturated heterocycles. The lowest BCUT2D eigenvalue weighted by Gasteiger charge is -2.35. The minimum Gasteiger partial charge on any atom is -0.494 e. The van der Waals surface area contributed by atoms with E-state index in [1.807, 2.05) is 62.4 Å². The van der Waals surface area contributed by atoms with Crippen LogP contribution in [-0.4, -0.2) is 41.2 Å². The number of aryl methyl sites for hydroxylation is 1. The van der Waals surface area contributed by atoms with Crippen molar-refractivity contribution in [2.24, 2.45) is 4.99 Å². The molecule has 4 rings (SSSR count). The number of hydrogen-bond acceptors (Lipinski definition) is 4. The van der Waals surface area contributed by atoms with Crippen molar-refractivity contribution in [3.8, 4) is 5.75 Å².